The number of benzene rings is 2. The first kappa shape index (κ1) is 25.3. The van der Waals surface area contributed by atoms with Crippen LogP contribution in [0.4, 0.5) is 0 Å². The van der Waals surface area contributed by atoms with Gasteiger partial charge in [-0.25, -0.2) is 13.2 Å². The number of nitrogens with one attached hydrogen (secondary N) is 1. The molecule has 0 radical (unpaired) electrons. The number of nitrogens with zero attached hydrogens (tertiary/aromatic N) is 4. The Balaban J connectivity index is 1.24. The number of amides is 1. The lowest BCUT2D eigenvalue weighted by molar-refractivity contribution is 0.0696. The van der Waals surface area contributed by atoms with E-state index in [-0.39, 0.29) is 28.3 Å². The molecule has 2 aromatic carbocycles. The van der Waals surface area contributed by atoms with Crippen molar-refractivity contribution in [3.63, 3.8) is 0 Å². The molecule has 3 heterocycles. The number of sulfonamides is 1. The van der Waals surface area contributed by atoms with Gasteiger partial charge in [0.05, 0.1) is 11.6 Å². The maximum atomic E-state index is 13.4. The number of carbonyl (C=O) groups is 2. The van der Waals surface area contributed by atoms with E-state index in [0.29, 0.717) is 53.1 Å². The minimum Gasteiger partial charge on any atom is -0.478 e. The average Bonchev–Trinajstić information content (AvgIpc) is 3.55. The standard InChI is InChI=1S/C24H22ClN5O5S2/c25-18-4-1-15(2-5-18)22(31)26-14-17-9-12-36-24(17)37(34,35)29-10-7-19(8-11-29)30-27-20-6-3-16(23(32)33)13-21(20)28-30/h1-6,9,12-13,19H,7-8,10-11,14H2,(H,26,31)(H,32,33). The zero-order chi connectivity index (χ0) is 26.2. The maximum Gasteiger partial charge on any atom is 0.335 e. The molecule has 0 bridgehead atoms. The number of carboxylic acids is 1. The molecule has 1 fully saturated rings. The number of halogens is 1. The second-order valence-corrected chi connectivity index (χ2v) is 12.1. The Morgan fingerprint density at radius 3 is 2.41 bits per heavy atom. The maximum absolute atomic E-state index is 13.4. The van der Waals surface area contributed by atoms with Crippen LogP contribution < -0.4 is 5.32 Å². The molecule has 192 valence electrons. The van der Waals surface area contributed by atoms with Crippen LogP contribution >= 0.6 is 22.9 Å². The lowest BCUT2D eigenvalue weighted by Crippen LogP contribution is -2.39. The van der Waals surface area contributed by atoms with E-state index >= 15 is 0 Å². The highest BCUT2D eigenvalue weighted by Crippen LogP contribution is 2.31. The fourth-order valence-electron chi connectivity index (χ4n) is 4.22. The number of piperidine rings is 1. The van der Waals surface area contributed by atoms with Crippen LogP contribution in [0.25, 0.3) is 11.0 Å². The molecule has 0 saturated carbocycles. The summed E-state index contributed by atoms with van der Waals surface area (Å²) in [6.45, 7) is 0.664. The molecule has 10 nitrogen and oxygen atoms in total. The lowest BCUT2D eigenvalue weighted by Gasteiger charge is -2.30. The van der Waals surface area contributed by atoms with Crippen molar-refractivity contribution >= 4 is 55.9 Å². The van der Waals surface area contributed by atoms with Crippen LogP contribution in [0.15, 0.2) is 58.1 Å². The van der Waals surface area contributed by atoms with Crippen molar-refractivity contribution in [3.8, 4) is 0 Å². The van der Waals surface area contributed by atoms with Gasteiger partial charge in [0, 0.05) is 35.8 Å². The van der Waals surface area contributed by atoms with E-state index < -0.39 is 16.0 Å². The summed E-state index contributed by atoms with van der Waals surface area (Å²) < 4.78 is 28.5. The summed E-state index contributed by atoms with van der Waals surface area (Å²) in [7, 11) is -3.75. The van der Waals surface area contributed by atoms with E-state index in [0.717, 1.165) is 11.3 Å². The highest BCUT2D eigenvalue weighted by atomic mass is 35.5. The van der Waals surface area contributed by atoms with Crippen molar-refractivity contribution in [3.05, 3.63) is 75.6 Å². The summed E-state index contributed by atoms with van der Waals surface area (Å²) in [5.41, 5.74) is 2.17. The quantitative estimate of drug-likeness (QED) is 0.351. The number of aromatic nitrogens is 3. The van der Waals surface area contributed by atoms with Gasteiger partial charge in [-0.05, 0) is 66.8 Å². The SMILES string of the molecule is O=C(O)c1ccc2nn(C3CCN(S(=O)(=O)c4sccc4CNC(=O)c4ccc(Cl)cc4)CC3)nc2c1. The Morgan fingerprint density at radius 2 is 1.70 bits per heavy atom. The Hall–Kier alpha value is -3.32. The minimum absolute atomic E-state index is 0.0815. The molecule has 1 saturated heterocycles. The first-order chi connectivity index (χ1) is 17.7. The number of carbonyl (C=O) groups excluding carboxylic acids is 1. The molecule has 4 aromatic rings. The highest BCUT2D eigenvalue weighted by molar-refractivity contribution is 7.91. The van der Waals surface area contributed by atoms with E-state index in [1.54, 1.807) is 46.6 Å². The highest BCUT2D eigenvalue weighted by Gasteiger charge is 2.33. The van der Waals surface area contributed by atoms with Gasteiger partial charge in [0.2, 0.25) is 0 Å². The number of hydrogen-bond acceptors (Lipinski definition) is 7. The molecule has 2 aromatic heterocycles. The third kappa shape index (κ3) is 5.23. The van der Waals surface area contributed by atoms with Crippen molar-refractivity contribution in [1.29, 1.82) is 0 Å². The summed E-state index contributed by atoms with van der Waals surface area (Å²) >= 11 is 7.00. The van der Waals surface area contributed by atoms with Crippen LogP contribution in [0.3, 0.4) is 0 Å². The molecule has 1 aliphatic heterocycles. The van der Waals surface area contributed by atoms with Crippen LogP contribution in [0.5, 0.6) is 0 Å². The monoisotopic (exact) mass is 559 g/mol. The van der Waals surface area contributed by atoms with Crippen LogP contribution in [0.1, 0.15) is 45.2 Å². The van der Waals surface area contributed by atoms with Crippen molar-refractivity contribution in [2.24, 2.45) is 0 Å². The number of carboxylic acid groups (broad SMARTS) is 1. The van der Waals surface area contributed by atoms with Crippen molar-refractivity contribution in [2.75, 3.05) is 13.1 Å². The van der Waals surface area contributed by atoms with Crippen molar-refractivity contribution in [2.45, 2.75) is 29.6 Å². The van der Waals surface area contributed by atoms with Gasteiger partial charge in [-0.15, -0.1) is 11.3 Å². The molecule has 1 amide bonds. The molecule has 0 atom stereocenters. The fourth-order valence-corrected chi connectivity index (χ4v) is 7.36. The van der Waals surface area contributed by atoms with E-state index in [1.807, 2.05) is 0 Å². The average molecular weight is 560 g/mol. The van der Waals surface area contributed by atoms with E-state index in [4.69, 9.17) is 11.6 Å². The van der Waals surface area contributed by atoms with Crippen molar-refractivity contribution in [1.82, 2.24) is 24.6 Å². The third-order valence-corrected chi connectivity index (χ3v) is 9.92. The normalized spacial score (nSPS) is 15.2. The number of hydrogen-bond donors (Lipinski definition) is 2. The number of thiophene rings is 1. The Morgan fingerprint density at radius 1 is 1.03 bits per heavy atom. The molecule has 37 heavy (non-hydrogen) atoms. The van der Waals surface area contributed by atoms with E-state index in [1.165, 1.54) is 16.4 Å². The van der Waals surface area contributed by atoms with Gasteiger partial charge in [-0.2, -0.15) is 19.3 Å². The van der Waals surface area contributed by atoms with E-state index in [2.05, 4.69) is 15.5 Å². The summed E-state index contributed by atoms with van der Waals surface area (Å²) in [6, 6.07) is 12.6. The van der Waals surface area contributed by atoms with Crippen LogP contribution in [-0.2, 0) is 16.6 Å². The molecule has 0 unspecified atom stereocenters. The zero-order valence-corrected chi connectivity index (χ0v) is 21.8. The molecule has 1 aliphatic rings. The molecule has 5 rings (SSSR count). The van der Waals surface area contributed by atoms with E-state index in [9.17, 15) is 23.1 Å². The molecular formula is C24H22ClN5O5S2. The predicted octanol–water partition coefficient (Wildman–Crippen LogP) is 3.80. The topological polar surface area (TPSA) is 134 Å². The summed E-state index contributed by atoms with van der Waals surface area (Å²) in [6.07, 6.45) is 1.03. The Bertz CT molecular complexity index is 1570. The van der Waals surface area contributed by atoms with Gasteiger partial charge < -0.3 is 10.4 Å². The van der Waals surface area contributed by atoms with Crippen LogP contribution in [0, 0.1) is 0 Å². The smallest absolute Gasteiger partial charge is 0.335 e. The second-order valence-electron chi connectivity index (χ2n) is 8.59. The van der Waals surface area contributed by atoms with Gasteiger partial charge in [0.15, 0.2) is 0 Å². The predicted molar refractivity (Wildman–Crippen MR) is 138 cm³/mol. The minimum atomic E-state index is -3.75. The molecule has 0 spiro atoms. The molecule has 0 aliphatic carbocycles. The first-order valence-electron chi connectivity index (χ1n) is 11.4. The molecule has 13 heteroatoms. The zero-order valence-electron chi connectivity index (χ0n) is 19.4. The Kier molecular flexibility index (Phi) is 6.99. The summed E-state index contributed by atoms with van der Waals surface area (Å²) in [4.78, 5) is 25.2. The van der Waals surface area contributed by atoms with Crippen molar-refractivity contribution < 1.29 is 23.1 Å². The number of fused-ring (bicyclic) bond motifs is 1. The first-order valence-corrected chi connectivity index (χ1v) is 14.1. The Labute approximate surface area is 221 Å². The number of rotatable bonds is 7. The molecule has 2 N–H and O–H groups in total. The molecular weight excluding hydrogens is 538 g/mol. The van der Waals surface area contributed by atoms with Gasteiger partial charge >= 0.3 is 5.97 Å². The fraction of sp³-hybridized carbons (Fsp3) is 0.250. The van der Waals surface area contributed by atoms with Gasteiger partial charge in [-0.1, -0.05) is 11.6 Å². The third-order valence-electron chi connectivity index (χ3n) is 6.22. The summed E-state index contributed by atoms with van der Waals surface area (Å²) in [5, 5.41) is 23.1. The largest absolute Gasteiger partial charge is 0.478 e. The summed E-state index contributed by atoms with van der Waals surface area (Å²) in [5.74, 6) is -1.35. The van der Waals surface area contributed by atoms with Crippen LogP contribution in [0.2, 0.25) is 5.02 Å². The van der Waals surface area contributed by atoms with Gasteiger partial charge in [0.25, 0.3) is 15.9 Å². The second kappa shape index (κ2) is 10.2. The van der Waals surface area contributed by atoms with Gasteiger partial charge in [0.1, 0.15) is 15.2 Å². The van der Waals surface area contributed by atoms with Crippen LogP contribution in [-0.4, -0.2) is 57.8 Å². The lowest BCUT2D eigenvalue weighted by atomic mass is 10.1. The van der Waals surface area contributed by atoms with Gasteiger partial charge in [-0.3, -0.25) is 4.79 Å². The number of aromatic carboxylic acids is 1.